The van der Waals surface area contributed by atoms with Gasteiger partial charge in [0.25, 0.3) is 0 Å². The van der Waals surface area contributed by atoms with Crippen LogP contribution in [0.25, 0.3) is 10.9 Å². The van der Waals surface area contributed by atoms with Crippen LogP contribution in [0.4, 0.5) is 17.6 Å². The zero-order valence-corrected chi connectivity index (χ0v) is 10.2. The molecule has 0 amide bonds. The Morgan fingerprint density at radius 3 is 2.70 bits per heavy atom. The number of halogens is 4. The van der Waals surface area contributed by atoms with Crippen molar-refractivity contribution >= 4 is 10.9 Å². The summed E-state index contributed by atoms with van der Waals surface area (Å²) < 4.78 is 54.1. The lowest BCUT2D eigenvalue weighted by atomic mass is 10.2. The molecule has 0 saturated heterocycles. The minimum absolute atomic E-state index is 0.171. The fourth-order valence-corrected chi connectivity index (χ4v) is 1.68. The third-order valence-electron chi connectivity index (χ3n) is 2.53. The zero-order chi connectivity index (χ0) is 14.8. The number of ether oxygens (including phenoxy) is 1. The summed E-state index contributed by atoms with van der Waals surface area (Å²) in [4.78, 5) is 3.98. The second kappa shape index (κ2) is 5.62. The molecule has 1 heterocycles. The van der Waals surface area contributed by atoms with E-state index in [1.807, 2.05) is 0 Å². The lowest BCUT2D eigenvalue weighted by molar-refractivity contribution is -0.156. The Bertz CT molecular complexity index is 600. The van der Waals surface area contributed by atoms with E-state index in [2.05, 4.69) is 4.98 Å². The smallest absolute Gasteiger partial charge is 0.391 e. The number of hydrogen-bond acceptors (Lipinski definition) is 3. The summed E-state index contributed by atoms with van der Waals surface area (Å²) in [6, 6.07) is 5.42. The van der Waals surface area contributed by atoms with Gasteiger partial charge in [-0.15, -0.1) is 0 Å². The molecule has 2 aromatic rings. The van der Waals surface area contributed by atoms with Gasteiger partial charge in [0.05, 0.1) is 24.2 Å². The van der Waals surface area contributed by atoms with Crippen molar-refractivity contribution < 1.29 is 27.4 Å². The molecule has 1 aromatic heterocycles. The first-order valence-electron chi connectivity index (χ1n) is 5.76. The number of hydrogen-bond donors (Lipinski definition) is 1. The Morgan fingerprint density at radius 2 is 2.00 bits per heavy atom. The van der Waals surface area contributed by atoms with Gasteiger partial charge in [-0.25, -0.2) is 4.39 Å². The van der Waals surface area contributed by atoms with E-state index in [0.717, 1.165) is 0 Å². The van der Waals surface area contributed by atoms with Crippen molar-refractivity contribution in [2.45, 2.75) is 18.7 Å². The van der Waals surface area contributed by atoms with Crippen molar-refractivity contribution in [3.63, 3.8) is 0 Å². The second-order valence-electron chi connectivity index (χ2n) is 4.29. The summed E-state index contributed by atoms with van der Waals surface area (Å²) in [7, 11) is 0. The van der Waals surface area contributed by atoms with Crippen LogP contribution in [-0.4, -0.2) is 29.0 Å². The van der Waals surface area contributed by atoms with E-state index in [4.69, 9.17) is 4.74 Å². The first-order valence-corrected chi connectivity index (χ1v) is 5.76. The van der Waals surface area contributed by atoms with Crippen LogP contribution in [-0.2, 0) is 0 Å². The Morgan fingerprint density at radius 1 is 1.25 bits per heavy atom. The van der Waals surface area contributed by atoms with Gasteiger partial charge in [0.15, 0.2) is 0 Å². The van der Waals surface area contributed by atoms with Gasteiger partial charge in [0, 0.05) is 5.39 Å². The van der Waals surface area contributed by atoms with Crippen molar-refractivity contribution in [1.29, 1.82) is 0 Å². The van der Waals surface area contributed by atoms with Crippen molar-refractivity contribution in [2.75, 3.05) is 6.61 Å². The Kier molecular flexibility index (Phi) is 4.08. The molecule has 0 bridgehead atoms. The van der Waals surface area contributed by atoms with E-state index in [-0.39, 0.29) is 5.75 Å². The third-order valence-corrected chi connectivity index (χ3v) is 2.53. The van der Waals surface area contributed by atoms with Crippen molar-refractivity contribution in [3.05, 3.63) is 36.3 Å². The summed E-state index contributed by atoms with van der Waals surface area (Å²) in [6.45, 7) is -0.512. The SMILES string of the molecule is OC(COc1cnc2ccc(F)cc2c1)CC(F)(F)F. The quantitative estimate of drug-likeness (QED) is 0.880. The molecule has 0 aliphatic carbocycles. The molecular weight excluding hydrogens is 278 g/mol. The molecule has 1 atom stereocenters. The molecule has 1 N–H and O–H groups in total. The lowest BCUT2D eigenvalue weighted by Crippen LogP contribution is -2.25. The number of benzene rings is 1. The Balaban J connectivity index is 2.03. The molecule has 2 rings (SSSR count). The molecule has 0 aliphatic rings. The minimum atomic E-state index is -4.45. The van der Waals surface area contributed by atoms with Gasteiger partial charge in [0.2, 0.25) is 0 Å². The van der Waals surface area contributed by atoms with Crippen molar-refractivity contribution in [1.82, 2.24) is 4.98 Å². The number of pyridine rings is 1. The number of aromatic nitrogens is 1. The fraction of sp³-hybridized carbons (Fsp3) is 0.308. The maximum absolute atomic E-state index is 13.0. The zero-order valence-electron chi connectivity index (χ0n) is 10.2. The van der Waals surface area contributed by atoms with E-state index in [9.17, 15) is 22.7 Å². The fourth-order valence-electron chi connectivity index (χ4n) is 1.68. The van der Waals surface area contributed by atoms with Crippen LogP contribution in [0, 0.1) is 5.82 Å². The molecule has 108 valence electrons. The molecule has 20 heavy (non-hydrogen) atoms. The Labute approximate surface area is 111 Å². The molecule has 0 saturated carbocycles. The van der Waals surface area contributed by atoms with Gasteiger partial charge in [-0.05, 0) is 24.3 Å². The van der Waals surface area contributed by atoms with Gasteiger partial charge in [-0.3, -0.25) is 4.98 Å². The topological polar surface area (TPSA) is 42.4 Å². The Hall–Kier alpha value is -1.89. The molecule has 1 aromatic carbocycles. The van der Waals surface area contributed by atoms with Gasteiger partial charge in [-0.2, -0.15) is 13.2 Å². The van der Waals surface area contributed by atoms with Crippen LogP contribution in [0.15, 0.2) is 30.5 Å². The van der Waals surface area contributed by atoms with Crippen LogP contribution in [0.3, 0.4) is 0 Å². The van der Waals surface area contributed by atoms with Crippen molar-refractivity contribution in [3.8, 4) is 5.75 Å². The molecular formula is C13H11F4NO2. The van der Waals surface area contributed by atoms with Gasteiger partial charge >= 0.3 is 6.18 Å². The average molecular weight is 289 g/mol. The van der Waals surface area contributed by atoms with Crippen LogP contribution in [0.5, 0.6) is 5.75 Å². The highest BCUT2D eigenvalue weighted by atomic mass is 19.4. The normalized spacial score (nSPS) is 13.4. The average Bonchev–Trinajstić information content (AvgIpc) is 2.33. The number of rotatable bonds is 4. The van der Waals surface area contributed by atoms with E-state index in [1.165, 1.54) is 30.5 Å². The number of nitrogens with zero attached hydrogens (tertiary/aromatic N) is 1. The lowest BCUT2D eigenvalue weighted by Gasteiger charge is -2.14. The first kappa shape index (κ1) is 14.5. The highest BCUT2D eigenvalue weighted by molar-refractivity contribution is 5.79. The molecule has 3 nitrogen and oxygen atoms in total. The number of alkyl halides is 3. The van der Waals surface area contributed by atoms with Gasteiger partial charge < -0.3 is 9.84 Å². The van der Waals surface area contributed by atoms with E-state index < -0.39 is 31.1 Å². The van der Waals surface area contributed by atoms with Crippen LogP contribution in [0.2, 0.25) is 0 Å². The summed E-state index contributed by atoms with van der Waals surface area (Å²) in [5, 5.41) is 9.64. The molecule has 1 unspecified atom stereocenters. The molecule has 0 radical (unpaired) electrons. The summed E-state index contributed by atoms with van der Waals surface area (Å²) in [5.74, 6) is -0.280. The van der Waals surface area contributed by atoms with Crippen LogP contribution >= 0.6 is 0 Å². The summed E-state index contributed by atoms with van der Waals surface area (Å²) in [6.07, 6.45) is -6.14. The molecule has 0 spiro atoms. The summed E-state index contributed by atoms with van der Waals surface area (Å²) in [5.41, 5.74) is 0.537. The van der Waals surface area contributed by atoms with E-state index in [1.54, 1.807) is 0 Å². The standard InChI is InChI=1S/C13H11F4NO2/c14-9-1-2-12-8(3-9)4-11(6-18-12)20-7-10(19)5-13(15,16)17/h1-4,6,10,19H,5,7H2. The largest absolute Gasteiger partial charge is 0.489 e. The predicted molar refractivity (Wildman–Crippen MR) is 63.9 cm³/mol. The monoisotopic (exact) mass is 289 g/mol. The molecule has 0 fully saturated rings. The predicted octanol–water partition coefficient (Wildman–Crippen LogP) is 3.07. The summed E-state index contributed by atoms with van der Waals surface area (Å²) >= 11 is 0. The molecule has 7 heteroatoms. The van der Waals surface area contributed by atoms with Crippen LogP contribution in [0.1, 0.15) is 6.42 Å². The maximum Gasteiger partial charge on any atom is 0.391 e. The van der Waals surface area contributed by atoms with E-state index in [0.29, 0.717) is 10.9 Å². The number of fused-ring (bicyclic) bond motifs is 1. The second-order valence-corrected chi connectivity index (χ2v) is 4.29. The first-order chi connectivity index (χ1) is 9.33. The molecule has 0 aliphatic heterocycles. The number of aliphatic hydroxyl groups is 1. The van der Waals surface area contributed by atoms with Gasteiger partial charge in [-0.1, -0.05) is 0 Å². The maximum atomic E-state index is 13.0. The number of aliphatic hydroxyl groups excluding tert-OH is 1. The minimum Gasteiger partial charge on any atom is -0.489 e. The van der Waals surface area contributed by atoms with Crippen LogP contribution < -0.4 is 4.74 Å². The van der Waals surface area contributed by atoms with Crippen molar-refractivity contribution in [2.24, 2.45) is 0 Å². The third kappa shape index (κ3) is 4.06. The van der Waals surface area contributed by atoms with E-state index >= 15 is 0 Å². The van der Waals surface area contributed by atoms with Gasteiger partial charge in [0.1, 0.15) is 18.2 Å². The highest BCUT2D eigenvalue weighted by Gasteiger charge is 2.31. The highest BCUT2D eigenvalue weighted by Crippen LogP contribution is 2.23.